The highest BCUT2D eigenvalue weighted by Crippen LogP contribution is 2.30. The topological polar surface area (TPSA) is 44.9 Å². The molecular formula is C17H31Br2N2O2+. The number of phenols is 2. The molecule has 4 nitrogen and oxygen atoms in total. The molecule has 0 radical (unpaired) electrons. The molecule has 0 heterocycles. The van der Waals surface area contributed by atoms with E-state index in [9.17, 15) is 10.2 Å². The Kier molecular flexibility index (Phi) is 10.4. The molecule has 0 saturated heterocycles. The van der Waals surface area contributed by atoms with Crippen LogP contribution < -0.4 is 21.9 Å². The second-order valence-corrected chi connectivity index (χ2v) is 8.10. The first-order chi connectivity index (χ1) is 10.2. The molecule has 0 aliphatic heterocycles. The first-order valence-corrected chi connectivity index (χ1v) is 8.90. The molecule has 0 aliphatic carbocycles. The minimum atomic E-state index is -0.0351. The van der Waals surface area contributed by atoms with E-state index in [1.165, 1.54) is 36.6 Å². The highest BCUT2D eigenvalue weighted by Gasteiger charge is 2.19. The minimum absolute atomic E-state index is 0. The molecule has 134 valence electrons. The second kappa shape index (κ2) is 10.5. The van der Waals surface area contributed by atoms with Crippen LogP contribution in [-0.2, 0) is 6.54 Å². The number of benzene rings is 1. The monoisotopic (exact) mass is 453 g/mol. The number of phenolic OH excluding ortho intramolecular Hbond substituents is 2. The van der Waals surface area contributed by atoms with Gasteiger partial charge in [0.25, 0.3) is 0 Å². The maximum Gasteiger partial charge on any atom is 0.166 e. The van der Waals surface area contributed by atoms with Crippen molar-refractivity contribution < 1.29 is 36.6 Å². The molecule has 0 spiro atoms. The zero-order valence-corrected chi connectivity index (χ0v) is 17.8. The van der Waals surface area contributed by atoms with Crippen LogP contribution >= 0.6 is 15.9 Å². The molecule has 0 fully saturated rings. The molecule has 0 aliphatic rings. The van der Waals surface area contributed by atoms with E-state index in [0.717, 1.165) is 23.1 Å². The molecule has 1 aromatic carbocycles. The number of alkyl halides is 1. The maximum absolute atomic E-state index is 9.92. The fourth-order valence-corrected chi connectivity index (χ4v) is 2.90. The van der Waals surface area contributed by atoms with Crippen LogP contribution in [0.1, 0.15) is 31.2 Å². The Labute approximate surface area is 159 Å². The summed E-state index contributed by atoms with van der Waals surface area (Å²) >= 11 is 3.70. The van der Waals surface area contributed by atoms with Crippen LogP contribution in [-0.4, -0.2) is 54.4 Å². The Morgan fingerprint density at radius 3 is 2.39 bits per heavy atom. The molecule has 1 aromatic rings. The highest BCUT2D eigenvalue weighted by molar-refractivity contribution is 9.09. The molecule has 0 saturated carbocycles. The third kappa shape index (κ3) is 8.38. The van der Waals surface area contributed by atoms with Crippen LogP contribution in [0.3, 0.4) is 0 Å². The Morgan fingerprint density at radius 2 is 1.78 bits per heavy atom. The van der Waals surface area contributed by atoms with E-state index < -0.39 is 0 Å². The summed E-state index contributed by atoms with van der Waals surface area (Å²) < 4.78 is 0.813. The van der Waals surface area contributed by atoms with Crippen molar-refractivity contribution in [1.82, 2.24) is 0 Å². The Bertz CT molecular complexity index is 468. The number of rotatable bonds is 9. The third-order valence-corrected chi connectivity index (χ3v) is 5.42. The lowest BCUT2D eigenvalue weighted by molar-refractivity contribution is -0.903. The lowest BCUT2D eigenvalue weighted by Crippen LogP contribution is -3.08. The molecule has 0 amide bonds. The number of hydrogen-bond acceptors (Lipinski definition) is 2. The summed E-state index contributed by atoms with van der Waals surface area (Å²) in [6.45, 7) is 1.79. The summed E-state index contributed by atoms with van der Waals surface area (Å²) in [5.41, 5.74) is 0.807. The highest BCUT2D eigenvalue weighted by atomic mass is 79.9. The van der Waals surface area contributed by atoms with Crippen molar-refractivity contribution in [3.05, 3.63) is 23.8 Å². The first kappa shape index (κ1) is 22.7. The van der Waals surface area contributed by atoms with Crippen molar-refractivity contribution in [1.29, 1.82) is 0 Å². The zero-order chi connectivity index (χ0) is 16.8. The average Bonchev–Trinajstić information content (AvgIpc) is 2.43. The minimum Gasteiger partial charge on any atom is -1.00 e. The van der Waals surface area contributed by atoms with Crippen LogP contribution in [0.15, 0.2) is 18.2 Å². The van der Waals surface area contributed by atoms with Crippen LogP contribution in [0.2, 0.25) is 0 Å². The fraction of sp³-hybridized carbons (Fsp3) is 0.647. The molecule has 1 rings (SSSR count). The van der Waals surface area contributed by atoms with Crippen LogP contribution in [0.25, 0.3) is 0 Å². The summed E-state index contributed by atoms with van der Waals surface area (Å²) in [5.74, 6) is -0.0168. The molecule has 0 bridgehead atoms. The van der Waals surface area contributed by atoms with E-state index in [-0.39, 0.29) is 28.5 Å². The van der Waals surface area contributed by atoms with E-state index in [4.69, 9.17) is 0 Å². The standard InChI is InChI=1S/C17H29BrN2O2.BrH/c1-19(2)16(18)11-6-5-7-12-20(3,4)13-14-9-8-10-15(21)17(14)22;/h8-10,16H,5-7,11-13H2,1-4H3,(H-,21,22);1H/p+1. The van der Waals surface area contributed by atoms with Crippen molar-refractivity contribution >= 4 is 15.9 Å². The van der Waals surface area contributed by atoms with Gasteiger partial charge in [-0.2, -0.15) is 0 Å². The van der Waals surface area contributed by atoms with Gasteiger partial charge < -0.3 is 36.6 Å². The van der Waals surface area contributed by atoms with Gasteiger partial charge in [0.2, 0.25) is 0 Å². The van der Waals surface area contributed by atoms with Gasteiger partial charge in [-0.15, -0.1) is 0 Å². The zero-order valence-electron chi connectivity index (χ0n) is 14.6. The third-order valence-electron chi connectivity index (χ3n) is 4.04. The molecule has 6 heteroatoms. The van der Waals surface area contributed by atoms with Gasteiger partial charge in [0, 0.05) is 6.42 Å². The average molecular weight is 455 g/mol. The molecular weight excluding hydrogens is 424 g/mol. The van der Waals surface area contributed by atoms with E-state index in [2.05, 4.69) is 44.1 Å². The lowest BCUT2D eigenvalue weighted by atomic mass is 10.1. The van der Waals surface area contributed by atoms with Crippen molar-refractivity contribution in [3.63, 3.8) is 0 Å². The number of para-hydroxylation sites is 1. The van der Waals surface area contributed by atoms with Gasteiger partial charge in [-0.05, 0) is 47.3 Å². The van der Waals surface area contributed by atoms with Crippen LogP contribution in [0, 0.1) is 0 Å². The number of quaternary nitrogens is 2. The number of halogens is 2. The van der Waals surface area contributed by atoms with Crippen molar-refractivity contribution in [3.8, 4) is 11.5 Å². The van der Waals surface area contributed by atoms with Crippen molar-refractivity contribution in [2.75, 3.05) is 34.7 Å². The normalized spacial score (nSPS) is 13.0. The predicted molar refractivity (Wildman–Crippen MR) is 94.4 cm³/mol. The van der Waals surface area contributed by atoms with Crippen LogP contribution in [0.5, 0.6) is 11.5 Å². The van der Waals surface area contributed by atoms with E-state index in [0.29, 0.717) is 4.95 Å². The molecule has 3 N–H and O–H groups in total. The largest absolute Gasteiger partial charge is 1.00 e. The molecule has 0 aromatic heterocycles. The lowest BCUT2D eigenvalue weighted by Gasteiger charge is -2.30. The molecule has 23 heavy (non-hydrogen) atoms. The first-order valence-electron chi connectivity index (χ1n) is 7.99. The predicted octanol–water partition coefficient (Wildman–Crippen LogP) is -0.896. The van der Waals surface area contributed by atoms with Crippen molar-refractivity contribution in [2.45, 2.75) is 37.2 Å². The number of nitrogens with one attached hydrogen (secondary N) is 1. The Balaban J connectivity index is 0.00000484. The van der Waals surface area contributed by atoms with E-state index in [1.54, 1.807) is 6.07 Å². The fourth-order valence-electron chi connectivity index (χ4n) is 2.57. The SMILES string of the molecule is C[NH+](C)C(Br)CCCCC[N+](C)(C)Cc1cccc(O)c1O.[Br-]. The van der Waals surface area contributed by atoms with Gasteiger partial charge in [-0.3, -0.25) is 0 Å². The van der Waals surface area contributed by atoms with Gasteiger partial charge >= 0.3 is 0 Å². The van der Waals surface area contributed by atoms with Gasteiger partial charge in [0.1, 0.15) is 11.5 Å². The van der Waals surface area contributed by atoms with Crippen LogP contribution in [0.4, 0.5) is 0 Å². The number of nitrogens with zero attached hydrogens (tertiary/aromatic N) is 1. The number of aromatic hydroxyl groups is 2. The van der Waals surface area contributed by atoms with E-state index >= 15 is 0 Å². The summed E-state index contributed by atoms with van der Waals surface area (Å²) in [6.07, 6.45) is 4.83. The summed E-state index contributed by atoms with van der Waals surface area (Å²) in [7, 11) is 8.67. The number of hydrogen-bond donors (Lipinski definition) is 3. The van der Waals surface area contributed by atoms with Crippen molar-refractivity contribution in [2.24, 2.45) is 0 Å². The molecule has 1 atom stereocenters. The summed E-state index contributed by atoms with van der Waals surface area (Å²) in [6, 6.07) is 5.18. The summed E-state index contributed by atoms with van der Waals surface area (Å²) in [5, 5.41) is 19.5. The van der Waals surface area contributed by atoms with Gasteiger partial charge in [-0.1, -0.05) is 6.07 Å². The smallest absolute Gasteiger partial charge is 0.166 e. The van der Waals surface area contributed by atoms with E-state index in [1.807, 2.05) is 6.07 Å². The maximum atomic E-state index is 9.92. The Morgan fingerprint density at radius 1 is 1.13 bits per heavy atom. The second-order valence-electron chi connectivity index (χ2n) is 7.00. The summed E-state index contributed by atoms with van der Waals surface area (Å²) in [4.78, 5) is 1.98. The quantitative estimate of drug-likeness (QED) is 0.149. The van der Waals surface area contributed by atoms with Gasteiger partial charge in [-0.25, -0.2) is 0 Å². The number of unbranched alkanes of at least 4 members (excludes halogenated alkanes) is 2. The Hall–Kier alpha value is -0.300. The van der Waals surface area contributed by atoms with Gasteiger partial charge in [0.15, 0.2) is 11.5 Å². The molecule has 1 unspecified atom stereocenters. The van der Waals surface area contributed by atoms with Gasteiger partial charge in [0.05, 0.1) is 40.3 Å².